The number of aromatic nitrogens is 1. The van der Waals surface area contributed by atoms with Crippen LogP contribution in [-0.2, 0) is 9.53 Å². The second-order valence-electron chi connectivity index (χ2n) is 6.07. The molecular formula is C16H20N4O2. The number of hydrogen-bond acceptors (Lipinski definition) is 6. The van der Waals surface area contributed by atoms with Crippen LogP contribution in [0, 0.1) is 17.2 Å². The van der Waals surface area contributed by atoms with Crippen molar-refractivity contribution in [1.82, 2.24) is 9.88 Å². The van der Waals surface area contributed by atoms with Gasteiger partial charge in [-0.3, -0.25) is 9.69 Å². The lowest BCUT2D eigenvalue weighted by molar-refractivity contribution is -0.144. The van der Waals surface area contributed by atoms with E-state index in [2.05, 4.69) is 21.3 Å². The summed E-state index contributed by atoms with van der Waals surface area (Å²) in [5, 5.41) is 12.1. The minimum absolute atomic E-state index is 0.0394. The first-order chi connectivity index (χ1) is 10.7. The van der Waals surface area contributed by atoms with Crippen LogP contribution in [0.25, 0.3) is 0 Å². The number of carbonyl (C=O) groups excluding carboxylic acids is 1. The molecule has 0 spiro atoms. The Labute approximate surface area is 130 Å². The van der Waals surface area contributed by atoms with Crippen molar-refractivity contribution in [2.75, 3.05) is 25.0 Å². The maximum atomic E-state index is 11.8. The SMILES string of the molecule is C[C@@H]1C[C@@H](N2CC[C@@H](CNc3ccc(C#N)cn3)C2)C(=O)O1. The van der Waals surface area contributed by atoms with Crippen molar-refractivity contribution in [2.45, 2.75) is 31.9 Å². The molecule has 6 heteroatoms. The van der Waals surface area contributed by atoms with Crippen LogP contribution in [0.3, 0.4) is 0 Å². The van der Waals surface area contributed by atoms with Crippen LogP contribution >= 0.6 is 0 Å². The van der Waals surface area contributed by atoms with Crippen molar-refractivity contribution in [3.05, 3.63) is 23.9 Å². The maximum absolute atomic E-state index is 11.8. The number of likely N-dealkylation sites (tertiary alicyclic amines) is 1. The molecule has 0 amide bonds. The molecule has 0 saturated carbocycles. The minimum Gasteiger partial charge on any atom is -0.461 e. The Balaban J connectivity index is 1.49. The number of rotatable bonds is 4. The summed E-state index contributed by atoms with van der Waals surface area (Å²) in [4.78, 5) is 18.3. The first-order valence-electron chi connectivity index (χ1n) is 7.70. The molecule has 2 fully saturated rings. The number of anilines is 1. The van der Waals surface area contributed by atoms with Gasteiger partial charge in [-0.1, -0.05) is 0 Å². The number of cyclic esters (lactones) is 1. The van der Waals surface area contributed by atoms with E-state index in [9.17, 15) is 4.79 Å². The van der Waals surface area contributed by atoms with Crippen molar-refractivity contribution in [3.8, 4) is 6.07 Å². The van der Waals surface area contributed by atoms with E-state index in [4.69, 9.17) is 10.00 Å². The number of pyridine rings is 1. The number of hydrogen-bond donors (Lipinski definition) is 1. The highest BCUT2D eigenvalue weighted by atomic mass is 16.6. The monoisotopic (exact) mass is 300 g/mol. The summed E-state index contributed by atoms with van der Waals surface area (Å²) in [6, 6.07) is 5.57. The van der Waals surface area contributed by atoms with Crippen LogP contribution in [0.4, 0.5) is 5.82 Å². The Kier molecular flexibility index (Phi) is 4.25. The van der Waals surface area contributed by atoms with E-state index in [1.807, 2.05) is 13.0 Å². The molecule has 0 aliphatic carbocycles. The average Bonchev–Trinajstić information content (AvgIpc) is 3.12. The van der Waals surface area contributed by atoms with Crippen molar-refractivity contribution >= 4 is 11.8 Å². The molecule has 2 saturated heterocycles. The van der Waals surface area contributed by atoms with Crippen LogP contribution in [-0.4, -0.2) is 47.6 Å². The van der Waals surface area contributed by atoms with E-state index >= 15 is 0 Å². The predicted octanol–water partition coefficient (Wildman–Crippen LogP) is 1.39. The quantitative estimate of drug-likeness (QED) is 0.847. The summed E-state index contributed by atoms with van der Waals surface area (Å²) in [5.41, 5.74) is 0.562. The van der Waals surface area contributed by atoms with Crippen LogP contribution in [0.2, 0.25) is 0 Å². The lowest BCUT2D eigenvalue weighted by atomic mass is 10.1. The fraction of sp³-hybridized carbons (Fsp3) is 0.562. The second kappa shape index (κ2) is 6.32. The number of nitrogens with zero attached hydrogens (tertiary/aromatic N) is 3. The highest BCUT2D eigenvalue weighted by Gasteiger charge is 2.39. The van der Waals surface area contributed by atoms with Gasteiger partial charge < -0.3 is 10.1 Å². The van der Waals surface area contributed by atoms with Gasteiger partial charge in [0.2, 0.25) is 0 Å². The van der Waals surface area contributed by atoms with Crippen molar-refractivity contribution in [3.63, 3.8) is 0 Å². The highest BCUT2D eigenvalue weighted by Crippen LogP contribution is 2.26. The van der Waals surface area contributed by atoms with Crippen molar-refractivity contribution in [2.24, 2.45) is 5.92 Å². The fourth-order valence-corrected chi connectivity index (χ4v) is 3.16. The largest absolute Gasteiger partial charge is 0.461 e. The molecule has 0 aromatic carbocycles. The molecule has 1 N–H and O–H groups in total. The van der Waals surface area contributed by atoms with E-state index in [-0.39, 0.29) is 18.1 Å². The topological polar surface area (TPSA) is 78.3 Å². The molecule has 2 aliphatic heterocycles. The molecule has 3 atom stereocenters. The van der Waals surface area contributed by atoms with Gasteiger partial charge in [0.1, 0.15) is 24.0 Å². The lowest BCUT2D eigenvalue weighted by Gasteiger charge is -2.20. The smallest absolute Gasteiger partial charge is 0.323 e. The van der Waals surface area contributed by atoms with Gasteiger partial charge in [-0.15, -0.1) is 0 Å². The Morgan fingerprint density at radius 2 is 2.41 bits per heavy atom. The summed E-state index contributed by atoms with van der Waals surface area (Å²) in [5.74, 6) is 1.21. The van der Waals surface area contributed by atoms with E-state index < -0.39 is 0 Å². The first kappa shape index (κ1) is 14.8. The molecule has 116 valence electrons. The standard InChI is InChI=1S/C16H20N4O2/c1-11-6-14(16(21)22-11)20-5-4-13(10-20)9-19-15-3-2-12(7-17)8-18-15/h2-3,8,11,13-14H,4-6,9-10H2,1H3,(H,18,19)/t11-,13+,14-/m1/s1. The molecule has 6 nitrogen and oxygen atoms in total. The zero-order chi connectivity index (χ0) is 15.5. The van der Waals surface area contributed by atoms with Crippen LogP contribution in [0.1, 0.15) is 25.3 Å². The Morgan fingerprint density at radius 3 is 3.05 bits per heavy atom. The zero-order valence-electron chi connectivity index (χ0n) is 12.7. The highest BCUT2D eigenvalue weighted by molar-refractivity contribution is 5.78. The fourth-order valence-electron chi connectivity index (χ4n) is 3.16. The van der Waals surface area contributed by atoms with Crippen LogP contribution in [0.5, 0.6) is 0 Å². The Morgan fingerprint density at radius 1 is 1.55 bits per heavy atom. The second-order valence-corrected chi connectivity index (χ2v) is 6.07. The summed E-state index contributed by atoms with van der Waals surface area (Å²) in [6.07, 6.45) is 3.48. The summed E-state index contributed by atoms with van der Waals surface area (Å²) >= 11 is 0. The minimum atomic E-state index is -0.0742. The average molecular weight is 300 g/mol. The molecule has 3 rings (SSSR count). The number of esters is 1. The van der Waals surface area contributed by atoms with Gasteiger partial charge >= 0.3 is 5.97 Å². The predicted molar refractivity (Wildman–Crippen MR) is 81.1 cm³/mol. The van der Waals surface area contributed by atoms with Crippen LogP contribution < -0.4 is 5.32 Å². The third-order valence-corrected chi connectivity index (χ3v) is 4.37. The third kappa shape index (κ3) is 3.20. The molecule has 2 aliphatic rings. The van der Waals surface area contributed by atoms with Gasteiger partial charge in [0.25, 0.3) is 0 Å². The summed E-state index contributed by atoms with van der Waals surface area (Å²) in [6.45, 7) is 4.63. The Hall–Kier alpha value is -2.13. The molecule has 1 aromatic heterocycles. The number of nitrogens with one attached hydrogen (secondary N) is 1. The van der Waals surface area contributed by atoms with Crippen molar-refractivity contribution < 1.29 is 9.53 Å². The summed E-state index contributed by atoms with van der Waals surface area (Å²) < 4.78 is 5.24. The Bertz CT molecular complexity index is 581. The number of carbonyl (C=O) groups is 1. The van der Waals surface area contributed by atoms with Gasteiger partial charge in [0, 0.05) is 25.7 Å². The molecule has 0 unspecified atom stereocenters. The van der Waals surface area contributed by atoms with E-state index in [1.54, 1.807) is 12.3 Å². The first-order valence-corrected chi connectivity index (χ1v) is 7.70. The van der Waals surface area contributed by atoms with Gasteiger partial charge in [-0.2, -0.15) is 5.26 Å². The van der Waals surface area contributed by atoms with Crippen molar-refractivity contribution in [1.29, 1.82) is 5.26 Å². The molecule has 22 heavy (non-hydrogen) atoms. The van der Waals surface area contributed by atoms with Gasteiger partial charge in [-0.25, -0.2) is 4.98 Å². The number of ether oxygens (including phenoxy) is 1. The van der Waals surface area contributed by atoms with E-state index in [1.165, 1.54) is 0 Å². The molecule has 0 radical (unpaired) electrons. The molecular weight excluding hydrogens is 280 g/mol. The lowest BCUT2D eigenvalue weighted by Crippen LogP contribution is -2.37. The normalized spacial score (nSPS) is 28.4. The van der Waals surface area contributed by atoms with Gasteiger partial charge in [-0.05, 0) is 37.9 Å². The molecule has 0 bridgehead atoms. The third-order valence-electron chi connectivity index (χ3n) is 4.37. The zero-order valence-corrected chi connectivity index (χ0v) is 12.7. The van der Waals surface area contributed by atoms with Gasteiger partial charge in [0.05, 0.1) is 5.56 Å². The maximum Gasteiger partial charge on any atom is 0.323 e. The molecule has 1 aromatic rings. The summed E-state index contributed by atoms with van der Waals surface area (Å²) in [7, 11) is 0. The van der Waals surface area contributed by atoms with E-state index in [0.29, 0.717) is 11.5 Å². The molecule has 3 heterocycles. The van der Waals surface area contributed by atoms with E-state index in [0.717, 1.165) is 38.3 Å². The van der Waals surface area contributed by atoms with Gasteiger partial charge in [0.15, 0.2) is 0 Å². The van der Waals surface area contributed by atoms with Crippen LogP contribution in [0.15, 0.2) is 18.3 Å². The number of nitriles is 1.